The van der Waals surface area contributed by atoms with Crippen LogP contribution in [0, 0.1) is 0 Å². The molecule has 1 N–H and O–H groups in total. The Morgan fingerprint density at radius 2 is 1.73 bits per heavy atom. The number of ether oxygens (including phenoxy) is 2. The van der Waals surface area contributed by atoms with E-state index >= 15 is 0 Å². The molecule has 0 saturated heterocycles. The molecule has 2 aromatic carbocycles. The second kappa shape index (κ2) is 8.73. The first-order chi connectivity index (χ1) is 12.6. The summed E-state index contributed by atoms with van der Waals surface area (Å²) in [6, 6.07) is 11.3. The Balaban J connectivity index is 1.68. The highest BCUT2D eigenvalue weighted by Gasteiger charge is 2.13. The van der Waals surface area contributed by atoms with E-state index < -0.39 is 0 Å². The summed E-state index contributed by atoms with van der Waals surface area (Å²) in [5.74, 6) is 1.46. The van der Waals surface area contributed by atoms with Gasteiger partial charge in [0, 0.05) is 30.4 Å². The number of nitrogens with one attached hydrogen (secondary N) is 1. The number of para-hydroxylation sites is 1. The Morgan fingerprint density at radius 1 is 1.00 bits per heavy atom. The molecule has 0 amide bonds. The molecule has 0 fully saturated rings. The first-order valence-electron chi connectivity index (χ1n) is 7.93. The van der Waals surface area contributed by atoms with Crippen molar-refractivity contribution in [3.63, 3.8) is 0 Å². The van der Waals surface area contributed by atoms with Crippen molar-refractivity contribution < 1.29 is 9.47 Å². The Bertz CT molecular complexity index is 879. The van der Waals surface area contributed by atoms with E-state index in [0.717, 1.165) is 32.5 Å². The van der Waals surface area contributed by atoms with Crippen LogP contribution < -0.4 is 14.8 Å². The molecule has 3 rings (SSSR count). The molecule has 0 saturated carbocycles. The fourth-order valence-electron chi connectivity index (χ4n) is 2.64. The predicted octanol–water partition coefficient (Wildman–Crippen LogP) is 5.42. The molecule has 1 aromatic heterocycles. The average Bonchev–Trinajstić information content (AvgIpc) is 3.09. The summed E-state index contributed by atoms with van der Waals surface area (Å²) in [5.41, 5.74) is 1.85. The number of rotatable bonds is 7. The van der Waals surface area contributed by atoms with E-state index in [-0.39, 0.29) is 0 Å². The second-order valence-corrected chi connectivity index (χ2v) is 7.40. The number of aromatic nitrogens is 1. The molecule has 7 heteroatoms. The average molecular weight is 409 g/mol. The second-order valence-electron chi connectivity index (χ2n) is 5.47. The predicted molar refractivity (Wildman–Crippen MR) is 108 cm³/mol. The first-order valence-corrected chi connectivity index (χ1v) is 9.51. The van der Waals surface area contributed by atoms with Crippen molar-refractivity contribution in [2.24, 2.45) is 0 Å². The molecule has 0 aliphatic carbocycles. The molecule has 0 aliphatic rings. The van der Waals surface area contributed by atoms with E-state index in [1.165, 1.54) is 0 Å². The SMILES string of the molecule is COc1cccc(CNCc2ncc(-c3c(Cl)cccc3Cl)s2)c1OC. The van der Waals surface area contributed by atoms with Crippen LogP contribution in [0.3, 0.4) is 0 Å². The molecule has 136 valence electrons. The minimum Gasteiger partial charge on any atom is -0.493 e. The van der Waals surface area contributed by atoms with Gasteiger partial charge in [-0.15, -0.1) is 11.3 Å². The van der Waals surface area contributed by atoms with E-state index in [1.54, 1.807) is 31.8 Å². The van der Waals surface area contributed by atoms with Crippen molar-refractivity contribution in [2.45, 2.75) is 13.1 Å². The number of benzene rings is 2. The molecule has 0 radical (unpaired) electrons. The number of hydrogen-bond acceptors (Lipinski definition) is 5. The molecule has 3 aromatic rings. The Kier molecular flexibility index (Phi) is 6.38. The van der Waals surface area contributed by atoms with Gasteiger partial charge in [0.05, 0.1) is 29.1 Å². The highest BCUT2D eigenvalue weighted by Crippen LogP contribution is 2.37. The lowest BCUT2D eigenvalue weighted by Gasteiger charge is -2.12. The third kappa shape index (κ3) is 4.13. The lowest BCUT2D eigenvalue weighted by molar-refractivity contribution is 0.350. The lowest BCUT2D eigenvalue weighted by atomic mass is 10.2. The molecule has 4 nitrogen and oxygen atoms in total. The number of halogens is 2. The Hall–Kier alpha value is -1.79. The van der Waals surface area contributed by atoms with Crippen LogP contribution >= 0.6 is 34.5 Å². The van der Waals surface area contributed by atoms with Gasteiger partial charge < -0.3 is 14.8 Å². The zero-order valence-electron chi connectivity index (χ0n) is 14.4. The molecule has 0 aliphatic heterocycles. The van der Waals surface area contributed by atoms with E-state index in [0.29, 0.717) is 23.1 Å². The molecule has 0 atom stereocenters. The van der Waals surface area contributed by atoms with Crippen molar-refractivity contribution in [2.75, 3.05) is 14.2 Å². The molecule has 0 unspecified atom stereocenters. The largest absolute Gasteiger partial charge is 0.493 e. The molecule has 26 heavy (non-hydrogen) atoms. The van der Waals surface area contributed by atoms with E-state index in [1.807, 2.05) is 36.4 Å². The van der Waals surface area contributed by atoms with Crippen LogP contribution in [-0.2, 0) is 13.1 Å². The minimum atomic E-state index is 0.627. The van der Waals surface area contributed by atoms with Gasteiger partial charge >= 0.3 is 0 Å². The topological polar surface area (TPSA) is 43.4 Å². The fraction of sp³-hybridized carbons (Fsp3) is 0.211. The van der Waals surface area contributed by atoms with Crippen LogP contribution in [0.4, 0.5) is 0 Å². The summed E-state index contributed by atoms with van der Waals surface area (Å²) >= 11 is 14.1. The highest BCUT2D eigenvalue weighted by atomic mass is 35.5. The number of methoxy groups -OCH3 is 2. The maximum atomic E-state index is 6.27. The lowest BCUT2D eigenvalue weighted by Crippen LogP contribution is -2.13. The monoisotopic (exact) mass is 408 g/mol. The third-order valence-corrected chi connectivity index (χ3v) is 5.48. The number of hydrogen-bond donors (Lipinski definition) is 1. The van der Waals surface area contributed by atoms with Crippen LogP contribution in [0.15, 0.2) is 42.6 Å². The quantitative estimate of drug-likeness (QED) is 0.566. The summed E-state index contributed by atoms with van der Waals surface area (Å²) in [5, 5.41) is 5.59. The van der Waals surface area contributed by atoms with Crippen molar-refractivity contribution in [1.29, 1.82) is 0 Å². The third-order valence-electron chi connectivity index (χ3n) is 3.84. The van der Waals surface area contributed by atoms with Gasteiger partial charge in [-0.05, 0) is 18.2 Å². The van der Waals surface area contributed by atoms with Crippen molar-refractivity contribution in [3.05, 3.63) is 63.2 Å². The van der Waals surface area contributed by atoms with Gasteiger partial charge in [0.2, 0.25) is 0 Å². The fourth-order valence-corrected chi connectivity index (χ4v) is 4.31. The van der Waals surface area contributed by atoms with Gasteiger partial charge in [-0.25, -0.2) is 4.98 Å². The van der Waals surface area contributed by atoms with Crippen molar-refractivity contribution in [1.82, 2.24) is 10.3 Å². The van der Waals surface area contributed by atoms with Gasteiger partial charge in [-0.3, -0.25) is 0 Å². The maximum absolute atomic E-state index is 6.27. The van der Waals surface area contributed by atoms with Crippen LogP contribution in [0.2, 0.25) is 10.0 Å². The van der Waals surface area contributed by atoms with Crippen LogP contribution in [-0.4, -0.2) is 19.2 Å². The van der Waals surface area contributed by atoms with E-state index in [2.05, 4.69) is 10.3 Å². The molecule has 0 spiro atoms. The van der Waals surface area contributed by atoms with Gasteiger partial charge in [0.25, 0.3) is 0 Å². The van der Waals surface area contributed by atoms with Crippen LogP contribution in [0.5, 0.6) is 11.5 Å². The maximum Gasteiger partial charge on any atom is 0.165 e. The number of thiazole rings is 1. The normalized spacial score (nSPS) is 10.8. The van der Waals surface area contributed by atoms with Crippen LogP contribution in [0.1, 0.15) is 10.6 Å². The molecule has 0 bridgehead atoms. The van der Waals surface area contributed by atoms with Gasteiger partial charge in [0.1, 0.15) is 5.01 Å². The Morgan fingerprint density at radius 3 is 2.42 bits per heavy atom. The van der Waals surface area contributed by atoms with Gasteiger partial charge in [-0.2, -0.15) is 0 Å². The summed E-state index contributed by atoms with van der Waals surface area (Å²) in [6.07, 6.45) is 1.81. The van der Waals surface area contributed by atoms with E-state index in [9.17, 15) is 0 Å². The minimum absolute atomic E-state index is 0.627. The van der Waals surface area contributed by atoms with Crippen LogP contribution in [0.25, 0.3) is 10.4 Å². The van der Waals surface area contributed by atoms with Gasteiger partial charge in [-0.1, -0.05) is 41.4 Å². The van der Waals surface area contributed by atoms with Crippen molar-refractivity contribution >= 4 is 34.5 Å². The summed E-state index contributed by atoms with van der Waals surface area (Å²) in [4.78, 5) is 5.42. The van der Waals surface area contributed by atoms with Crippen molar-refractivity contribution in [3.8, 4) is 21.9 Å². The summed E-state index contributed by atoms with van der Waals surface area (Å²) in [7, 11) is 3.27. The molecule has 1 heterocycles. The summed E-state index contributed by atoms with van der Waals surface area (Å²) < 4.78 is 10.8. The number of nitrogens with zero attached hydrogens (tertiary/aromatic N) is 1. The summed E-state index contributed by atoms with van der Waals surface area (Å²) in [6.45, 7) is 1.27. The Labute approximate surface area is 166 Å². The van der Waals surface area contributed by atoms with Gasteiger partial charge in [0.15, 0.2) is 11.5 Å². The first kappa shape index (κ1) is 19.0. The van der Waals surface area contributed by atoms with E-state index in [4.69, 9.17) is 32.7 Å². The smallest absolute Gasteiger partial charge is 0.165 e. The molecular formula is C19H18Cl2N2O2S. The zero-order chi connectivity index (χ0) is 18.5. The zero-order valence-corrected chi connectivity index (χ0v) is 16.7. The highest BCUT2D eigenvalue weighted by molar-refractivity contribution is 7.15. The standard InChI is InChI=1S/C19H18Cl2N2O2S/c1-24-15-8-3-5-12(19(15)25-2)9-22-11-17-23-10-16(26-17)18-13(20)6-4-7-14(18)21/h3-8,10,22H,9,11H2,1-2H3. The molecular weight excluding hydrogens is 391 g/mol.